The summed E-state index contributed by atoms with van der Waals surface area (Å²) in [6, 6.07) is 10.3. The molecule has 4 aromatic rings. The maximum Gasteiger partial charge on any atom is 0.393 e. The third-order valence-corrected chi connectivity index (χ3v) is 10.6. The first-order chi connectivity index (χ1) is 22.5. The maximum absolute atomic E-state index is 12.9. The van der Waals surface area contributed by atoms with Gasteiger partial charge in [0, 0.05) is 67.6 Å². The van der Waals surface area contributed by atoms with E-state index in [9.17, 15) is 23.2 Å². The summed E-state index contributed by atoms with van der Waals surface area (Å²) >= 11 is 1.06. The lowest BCUT2D eigenvalue weighted by molar-refractivity contribution is -0.126. The van der Waals surface area contributed by atoms with Gasteiger partial charge in [-0.05, 0) is 56.0 Å². The van der Waals surface area contributed by atoms with Crippen LogP contribution in [0.15, 0.2) is 30.6 Å². The molecule has 1 N–H and O–H groups in total. The molecule has 0 spiro atoms. The monoisotopic (exact) mass is 662 g/mol. The molecule has 1 atom stereocenters. The van der Waals surface area contributed by atoms with E-state index in [0.717, 1.165) is 66.7 Å². The molecule has 5 heterocycles. The zero-order valence-corrected chi connectivity index (χ0v) is 27.3. The molecule has 6 rings (SSSR count). The normalized spacial score (nSPS) is 18.2. The van der Waals surface area contributed by atoms with Crippen molar-refractivity contribution in [3.63, 3.8) is 0 Å². The molecule has 246 valence electrons. The van der Waals surface area contributed by atoms with Crippen molar-refractivity contribution in [2.75, 3.05) is 44.6 Å². The van der Waals surface area contributed by atoms with Crippen LogP contribution in [-0.4, -0.2) is 92.7 Å². The Bertz CT molecular complexity index is 1860. The van der Waals surface area contributed by atoms with Crippen LogP contribution in [0.5, 0.6) is 0 Å². The van der Waals surface area contributed by atoms with Crippen LogP contribution in [0, 0.1) is 30.6 Å². The third kappa shape index (κ3) is 6.93. The maximum atomic E-state index is 12.9. The minimum Gasteiger partial charge on any atom is -0.367 e. The van der Waals surface area contributed by atoms with Crippen molar-refractivity contribution in [1.29, 1.82) is 5.26 Å². The zero-order valence-electron chi connectivity index (χ0n) is 26.5. The average Bonchev–Trinajstić information content (AvgIpc) is 3.63. The van der Waals surface area contributed by atoms with Gasteiger partial charge in [0.2, 0.25) is 6.41 Å². The van der Waals surface area contributed by atoms with Crippen LogP contribution in [0.4, 0.5) is 19.0 Å². The molecule has 2 aliphatic heterocycles. The van der Waals surface area contributed by atoms with Crippen molar-refractivity contribution in [2.24, 2.45) is 0 Å². The molecule has 1 aromatic carbocycles. The summed E-state index contributed by atoms with van der Waals surface area (Å²) < 4.78 is 40.9. The first-order valence-corrected chi connectivity index (χ1v) is 16.5. The summed E-state index contributed by atoms with van der Waals surface area (Å²) in [7, 11) is 0. The van der Waals surface area contributed by atoms with Crippen LogP contribution >= 0.6 is 11.3 Å². The lowest BCUT2D eigenvalue weighted by Gasteiger charge is -2.42. The van der Waals surface area contributed by atoms with E-state index in [1.165, 1.54) is 11.9 Å². The quantitative estimate of drug-likeness (QED) is 0.195. The highest BCUT2D eigenvalue weighted by Crippen LogP contribution is 2.34. The molecule has 47 heavy (non-hydrogen) atoms. The number of nitriles is 1. The first-order valence-electron chi connectivity index (χ1n) is 15.7. The number of amides is 1. The highest BCUT2D eigenvalue weighted by atomic mass is 32.1. The van der Waals surface area contributed by atoms with Crippen molar-refractivity contribution in [3.05, 3.63) is 52.3 Å². The number of aryl methyl sites for hydroxylation is 1. The number of thiophene rings is 1. The number of piperazine rings is 1. The van der Waals surface area contributed by atoms with Crippen LogP contribution in [0.3, 0.4) is 0 Å². The van der Waals surface area contributed by atoms with E-state index in [2.05, 4.69) is 56.1 Å². The minimum absolute atomic E-state index is 0.151. The summed E-state index contributed by atoms with van der Waals surface area (Å²) in [4.78, 5) is 26.9. The van der Waals surface area contributed by atoms with Gasteiger partial charge >= 0.3 is 6.18 Å². The number of nitrogens with zero attached hydrogens (tertiary/aromatic N) is 7. The number of rotatable bonds is 9. The number of piperidine rings is 1. The Morgan fingerprint density at radius 2 is 1.85 bits per heavy atom. The summed E-state index contributed by atoms with van der Waals surface area (Å²) in [6.07, 6.45) is 4.87. The molecule has 13 heteroatoms. The van der Waals surface area contributed by atoms with E-state index in [4.69, 9.17) is 6.42 Å². The standard InChI is InChI=1S/C34H37F3N8OS/c1-4-33(3,44-13-11-43(22-46)12-14-44)20-45-26(18-38)15-28-23(2)24(5-6-30(28)45)19-42-9-7-25(8-10-42)41-31-29-16-27(17-34(35,36)37)47-32(29)40-21-39-31/h1,5-6,15-16,21-22,25H,7-14,17,19-20H2,2-3H3,(H,39,40,41)/t33-/m0/s1. The van der Waals surface area contributed by atoms with Gasteiger partial charge in [-0.15, -0.1) is 17.8 Å². The summed E-state index contributed by atoms with van der Waals surface area (Å²) in [5, 5.41) is 15.2. The zero-order chi connectivity index (χ0) is 33.3. The van der Waals surface area contributed by atoms with E-state index < -0.39 is 18.1 Å². The van der Waals surface area contributed by atoms with Crippen LogP contribution in [0.25, 0.3) is 21.1 Å². The summed E-state index contributed by atoms with van der Waals surface area (Å²) in [5.41, 5.74) is 3.25. The van der Waals surface area contributed by atoms with Crippen molar-refractivity contribution >= 4 is 44.7 Å². The van der Waals surface area contributed by atoms with Crippen LogP contribution in [0.2, 0.25) is 0 Å². The second-order valence-corrected chi connectivity index (χ2v) is 13.8. The van der Waals surface area contributed by atoms with Gasteiger partial charge in [-0.25, -0.2) is 9.97 Å². The molecule has 9 nitrogen and oxygen atoms in total. The van der Waals surface area contributed by atoms with Gasteiger partial charge in [0.25, 0.3) is 0 Å². The van der Waals surface area contributed by atoms with Gasteiger partial charge in [-0.1, -0.05) is 12.0 Å². The number of aromatic nitrogens is 3. The van der Waals surface area contributed by atoms with E-state index in [1.54, 1.807) is 11.0 Å². The Kier molecular flexibility index (Phi) is 9.16. The summed E-state index contributed by atoms with van der Waals surface area (Å²) in [5.74, 6) is 3.57. The Morgan fingerprint density at radius 3 is 2.51 bits per heavy atom. The molecule has 0 radical (unpaired) electrons. The van der Waals surface area contributed by atoms with E-state index in [0.29, 0.717) is 54.5 Å². The Morgan fingerprint density at radius 1 is 1.11 bits per heavy atom. The largest absolute Gasteiger partial charge is 0.393 e. The molecule has 3 aromatic heterocycles. The molecule has 0 aliphatic carbocycles. The van der Waals surface area contributed by atoms with Gasteiger partial charge in [0.05, 0.1) is 23.9 Å². The van der Waals surface area contributed by atoms with Crippen LogP contribution in [0.1, 0.15) is 41.5 Å². The Balaban J connectivity index is 1.12. The van der Waals surface area contributed by atoms with E-state index >= 15 is 0 Å². The second kappa shape index (κ2) is 13.1. The molecule has 2 fully saturated rings. The fraction of sp³-hybridized carbons (Fsp3) is 0.471. The van der Waals surface area contributed by atoms with Crippen LogP contribution in [-0.2, 0) is 24.3 Å². The average molecular weight is 663 g/mol. The predicted molar refractivity (Wildman–Crippen MR) is 177 cm³/mol. The molecular weight excluding hydrogens is 625 g/mol. The van der Waals surface area contributed by atoms with Crippen molar-refractivity contribution < 1.29 is 18.0 Å². The van der Waals surface area contributed by atoms with Crippen molar-refractivity contribution in [3.8, 4) is 18.4 Å². The van der Waals surface area contributed by atoms with E-state index in [1.807, 2.05) is 17.6 Å². The highest BCUT2D eigenvalue weighted by molar-refractivity contribution is 7.18. The number of carbonyl (C=O) groups is 1. The number of likely N-dealkylation sites (tertiary alicyclic amines) is 1. The third-order valence-electron chi connectivity index (χ3n) is 9.60. The molecular formula is C34H37F3N8OS. The molecule has 2 aliphatic rings. The number of anilines is 1. The number of fused-ring (bicyclic) bond motifs is 2. The number of benzene rings is 1. The molecule has 0 unspecified atom stereocenters. The van der Waals surface area contributed by atoms with Crippen molar-refractivity contribution in [1.82, 2.24) is 29.2 Å². The number of halogens is 3. The lowest BCUT2D eigenvalue weighted by Crippen LogP contribution is -2.56. The van der Waals surface area contributed by atoms with Gasteiger partial charge in [0.1, 0.15) is 28.7 Å². The highest BCUT2D eigenvalue weighted by Gasteiger charge is 2.34. The SMILES string of the molecule is C#C[C@@](C)(Cn1c(C#N)cc2c(C)c(CN3CCC(Nc4ncnc5sc(CC(F)(F)F)cc45)CC3)ccc21)N1CCN(C=O)CC1. The lowest BCUT2D eigenvalue weighted by atomic mass is 9.99. The van der Waals surface area contributed by atoms with Gasteiger partial charge in [-0.3, -0.25) is 14.6 Å². The second-order valence-electron chi connectivity index (χ2n) is 12.7. The number of hydrogen-bond donors (Lipinski definition) is 1. The summed E-state index contributed by atoms with van der Waals surface area (Å²) in [6.45, 7) is 9.67. The Labute approximate surface area is 276 Å². The fourth-order valence-corrected chi connectivity index (χ4v) is 7.82. The topological polar surface area (TPSA) is 93.3 Å². The minimum atomic E-state index is -4.27. The first kappa shape index (κ1) is 32.8. The smallest absolute Gasteiger partial charge is 0.367 e. The van der Waals surface area contributed by atoms with Gasteiger partial charge in [0.15, 0.2) is 0 Å². The van der Waals surface area contributed by atoms with Gasteiger partial charge < -0.3 is 14.8 Å². The number of carbonyl (C=O) groups excluding carboxylic acids is 1. The molecule has 0 bridgehead atoms. The molecule has 2 saturated heterocycles. The number of nitrogens with one attached hydrogen (secondary N) is 1. The predicted octanol–water partition coefficient (Wildman–Crippen LogP) is 5.17. The molecule has 1 amide bonds. The van der Waals surface area contributed by atoms with Crippen molar-refractivity contribution in [2.45, 2.75) is 64.0 Å². The number of hydrogen-bond acceptors (Lipinski definition) is 8. The number of alkyl halides is 3. The van der Waals surface area contributed by atoms with E-state index in [-0.39, 0.29) is 10.9 Å². The Hall–Kier alpha value is -4.17. The van der Waals surface area contributed by atoms with Gasteiger partial charge in [-0.2, -0.15) is 18.4 Å². The number of terminal acetylenes is 1. The molecule has 0 saturated carbocycles. The van der Waals surface area contributed by atoms with Crippen LogP contribution < -0.4 is 5.32 Å². The fourth-order valence-electron chi connectivity index (χ4n) is 6.80.